The molecule has 5 rings (SSSR count). The van der Waals surface area contributed by atoms with Crippen molar-refractivity contribution in [3.63, 3.8) is 0 Å². The molecule has 0 bridgehead atoms. The van der Waals surface area contributed by atoms with Gasteiger partial charge in [-0.25, -0.2) is 9.18 Å². The summed E-state index contributed by atoms with van der Waals surface area (Å²) in [5.74, 6) is -1.11. The van der Waals surface area contributed by atoms with Gasteiger partial charge in [-0.15, -0.1) is 12.4 Å². The maximum absolute atomic E-state index is 15.0. The summed E-state index contributed by atoms with van der Waals surface area (Å²) < 4.78 is 21.3. The molecule has 0 saturated carbocycles. The normalized spacial score (nSPS) is 17.7. The molecule has 35 heavy (non-hydrogen) atoms. The predicted molar refractivity (Wildman–Crippen MR) is 138 cm³/mol. The molecular formula is C29H27ClFNO3. The Morgan fingerprint density at radius 2 is 1.77 bits per heavy atom. The van der Waals surface area contributed by atoms with Gasteiger partial charge in [0, 0.05) is 24.1 Å². The Labute approximate surface area is 210 Å². The molecule has 180 valence electrons. The number of ether oxygens (including phenoxy) is 1. The highest BCUT2D eigenvalue weighted by molar-refractivity contribution is 5.87. The van der Waals surface area contributed by atoms with Crippen molar-refractivity contribution in [2.24, 2.45) is 0 Å². The van der Waals surface area contributed by atoms with Crippen molar-refractivity contribution in [3.05, 3.63) is 113 Å². The van der Waals surface area contributed by atoms with Crippen molar-refractivity contribution >= 4 is 29.1 Å². The molecule has 4 aromatic rings. The summed E-state index contributed by atoms with van der Waals surface area (Å²) in [6, 6.07) is 26.6. The van der Waals surface area contributed by atoms with E-state index in [1.54, 1.807) is 6.07 Å². The van der Waals surface area contributed by atoms with Crippen LogP contribution >= 0.6 is 12.4 Å². The minimum absolute atomic E-state index is 0. The van der Waals surface area contributed by atoms with Crippen molar-refractivity contribution in [3.8, 4) is 5.75 Å². The molecule has 0 saturated heterocycles. The fourth-order valence-corrected chi connectivity index (χ4v) is 4.90. The van der Waals surface area contributed by atoms with E-state index >= 15 is 0 Å². The SMILES string of the molecule is CC(NC[C@H]1C[C@@H](c2ccc(C(=O)O)cc2F)c2ccccc2O1)c1cccc2ccccc12.Cl. The first-order valence-electron chi connectivity index (χ1n) is 11.5. The zero-order chi connectivity index (χ0) is 23.7. The lowest BCUT2D eigenvalue weighted by atomic mass is 9.83. The van der Waals surface area contributed by atoms with Gasteiger partial charge in [-0.05, 0) is 53.4 Å². The molecule has 0 aliphatic carbocycles. The lowest BCUT2D eigenvalue weighted by molar-refractivity contribution is 0.0696. The number of carbonyl (C=O) groups is 1. The number of aromatic carboxylic acids is 1. The number of carboxylic acid groups (broad SMARTS) is 1. The van der Waals surface area contributed by atoms with Crippen LogP contribution in [0.5, 0.6) is 5.75 Å². The smallest absolute Gasteiger partial charge is 0.335 e. The Hall–Kier alpha value is -3.41. The summed E-state index contributed by atoms with van der Waals surface area (Å²) in [7, 11) is 0. The topological polar surface area (TPSA) is 58.6 Å². The van der Waals surface area contributed by atoms with Crippen molar-refractivity contribution in [2.75, 3.05) is 6.54 Å². The van der Waals surface area contributed by atoms with E-state index in [1.807, 2.05) is 30.3 Å². The largest absolute Gasteiger partial charge is 0.489 e. The zero-order valence-corrected chi connectivity index (χ0v) is 20.1. The Morgan fingerprint density at radius 3 is 2.57 bits per heavy atom. The molecule has 3 atom stereocenters. The second-order valence-corrected chi connectivity index (χ2v) is 8.81. The maximum Gasteiger partial charge on any atom is 0.335 e. The lowest BCUT2D eigenvalue weighted by Gasteiger charge is -2.33. The third-order valence-corrected chi connectivity index (χ3v) is 6.65. The van der Waals surface area contributed by atoms with Crippen LogP contribution in [0.3, 0.4) is 0 Å². The van der Waals surface area contributed by atoms with Gasteiger partial charge in [0.15, 0.2) is 0 Å². The van der Waals surface area contributed by atoms with Gasteiger partial charge in [-0.1, -0.05) is 66.7 Å². The monoisotopic (exact) mass is 491 g/mol. The van der Waals surface area contributed by atoms with Crippen LogP contribution in [0.15, 0.2) is 84.9 Å². The van der Waals surface area contributed by atoms with Crippen LogP contribution in [0.1, 0.15) is 52.4 Å². The molecule has 0 aromatic heterocycles. The van der Waals surface area contributed by atoms with E-state index in [4.69, 9.17) is 4.74 Å². The van der Waals surface area contributed by atoms with E-state index in [0.29, 0.717) is 18.5 Å². The van der Waals surface area contributed by atoms with Crippen molar-refractivity contribution in [1.82, 2.24) is 5.32 Å². The number of benzene rings is 4. The third kappa shape index (κ3) is 5.02. The van der Waals surface area contributed by atoms with Crippen molar-refractivity contribution < 1.29 is 19.0 Å². The number of para-hydroxylation sites is 1. The molecule has 4 nitrogen and oxygen atoms in total. The van der Waals surface area contributed by atoms with E-state index in [0.717, 1.165) is 17.4 Å². The van der Waals surface area contributed by atoms with Crippen LogP contribution in [-0.4, -0.2) is 23.7 Å². The predicted octanol–water partition coefficient (Wildman–Crippen LogP) is 6.73. The molecule has 1 heterocycles. The molecule has 0 spiro atoms. The number of nitrogens with one attached hydrogen (secondary N) is 1. The Balaban J connectivity index is 0.00000289. The van der Waals surface area contributed by atoms with Gasteiger partial charge < -0.3 is 15.2 Å². The minimum atomic E-state index is -1.14. The van der Waals surface area contributed by atoms with E-state index in [1.165, 1.54) is 22.4 Å². The molecule has 0 fully saturated rings. The summed E-state index contributed by atoms with van der Waals surface area (Å²) in [6.45, 7) is 2.74. The number of carboxylic acids is 1. The van der Waals surface area contributed by atoms with Crippen LogP contribution in [0.25, 0.3) is 10.8 Å². The number of fused-ring (bicyclic) bond motifs is 2. The Kier molecular flexibility index (Phi) is 7.39. The minimum Gasteiger partial charge on any atom is -0.489 e. The van der Waals surface area contributed by atoms with Gasteiger partial charge in [0.1, 0.15) is 17.7 Å². The first kappa shape index (κ1) is 24.7. The van der Waals surface area contributed by atoms with Crippen LogP contribution in [0.4, 0.5) is 4.39 Å². The molecular weight excluding hydrogens is 465 g/mol. The fourth-order valence-electron chi connectivity index (χ4n) is 4.90. The molecule has 1 aliphatic heterocycles. The first-order chi connectivity index (χ1) is 16.5. The average Bonchev–Trinajstić information content (AvgIpc) is 2.86. The molecule has 0 amide bonds. The number of halogens is 2. The van der Waals surface area contributed by atoms with E-state index in [2.05, 4.69) is 48.6 Å². The maximum atomic E-state index is 15.0. The lowest BCUT2D eigenvalue weighted by Crippen LogP contribution is -2.37. The molecule has 4 aromatic carbocycles. The molecule has 1 unspecified atom stereocenters. The average molecular weight is 492 g/mol. The second kappa shape index (κ2) is 10.5. The van der Waals surface area contributed by atoms with Gasteiger partial charge >= 0.3 is 5.97 Å². The van der Waals surface area contributed by atoms with Crippen LogP contribution in [-0.2, 0) is 0 Å². The van der Waals surface area contributed by atoms with Gasteiger partial charge in [-0.3, -0.25) is 0 Å². The molecule has 0 radical (unpaired) electrons. The van der Waals surface area contributed by atoms with E-state index < -0.39 is 11.8 Å². The number of rotatable bonds is 6. The summed E-state index contributed by atoms with van der Waals surface area (Å²) in [6.07, 6.45) is 0.436. The van der Waals surface area contributed by atoms with Crippen LogP contribution in [0, 0.1) is 5.82 Å². The van der Waals surface area contributed by atoms with Gasteiger partial charge in [0.2, 0.25) is 0 Å². The Bertz CT molecular complexity index is 1350. The summed E-state index contributed by atoms with van der Waals surface area (Å²) in [5.41, 5.74) is 2.58. The molecule has 2 N–H and O–H groups in total. The van der Waals surface area contributed by atoms with Gasteiger partial charge in [0.05, 0.1) is 5.56 Å². The van der Waals surface area contributed by atoms with Crippen LogP contribution < -0.4 is 10.1 Å². The van der Waals surface area contributed by atoms with Gasteiger partial charge in [-0.2, -0.15) is 0 Å². The molecule has 6 heteroatoms. The van der Waals surface area contributed by atoms with E-state index in [9.17, 15) is 14.3 Å². The highest BCUT2D eigenvalue weighted by Gasteiger charge is 2.31. The number of hydrogen-bond acceptors (Lipinski definition) is 3. The molecule has 1 aliphatic rings. The second-order valence-electron chi connectivity index (χ2n) is 8.81. The summed E-state index contributed by atoms with van der Waals surface area (Å²) >= 11 is 0. The zero-order valence-electron chi connectivity index (χ0n) is 19.3. The standard InChI is InChI=1S/C29H26FNO3.ClH/c1-18(22-11-6-8-19-7-2-3-9-23(19)22)31-17-21-16-26(25-10-4-5-12-28(25)34-21)24-14-13-20(29(32)33)15-27(24)30;/h2-15,18,21,26,31H,16-17H2,1H3,(H,32,33);1H/t18?,21-,26+;/m1./s1. The van der Waals surface area contributed by atoms with Crippen molar-refractivity contribution in [1.29, 1.82) is 0 Å². The van der Waals surface area contributed by atoms with Crippen LogP contribution in [0.2, 0.25) is 0 Å². The fraction of sp³-hybridized carbons (Fsp3) is 0.207. The first-order valence-corrected chi connectivity index (χ1v) is 11.5. The highest BCUT2D eigenvalue weighted by atomic mass is 35.5. The van der Waals surface area contributed by atoms with Crippen molar-refractivity contribution in [2.45, 2.75) is 31.4 Å². The summed E-state index contributed by atoms with van der Waals surface area (Å²) in [4.78, 5) is 11.2. The summed E-state index contributed by atoms with van der Waals surface area (Å²) in [5, 5.41) is 15.2. The quantitative estimate of drug-likeness (QED) is 0.314. The third-order valence-electron chi connectivity index (χ3n) is 6.65. The van der Waals surface area contributed by atoms with Gasteiger partial charge in [0.25, 0.3) is 0 Å². The Morgan fingerprint density at radius 1 is 1.03 bits per heavy atom. The van der Waals surface area contributed by atoms with E-state index in [-0.39, 0.29) is 36.0 Å². The highest BCUT2D eigenvalue weighted by Crippen LogP contribution is 2.41. The number of hydrogen-bond donors (Lipinski definition) is 2.